The number of aliphatic carboxylic acids is 1. The summed E-state index contributed by atoms with van der Waals surface area (Å²) in [6.45, 7) is 1.91. The van der Waals surface area contributed by atoms with Crippen LogP contribution in [0.15, 0.2) is 11.9 Å². The van der Waals surface area contributed by atoms with E-state index in [1.54, 1.807) is 0 Å². The maximum atomic E-state index is 11.7. The summed E-state index contributed by atoms with van der Waals surface area (Å²) in [5.74, 6) is -1.26. The van der Waals surface area contributed by atoms with Crippen LogP contribution in [0.1, 0.15) is 13.3 Å². The van der Waals surface area contributed by atoms with E-state index in [9.17, 15) is 9.59 Å². The van der Waals surface area contributed by atoms with Crippen LogP contribution in [0.3, 0.4) is 0 Å². The highest BCUT2D eigenvalue weighted by molar-refractivity contribution is 5.96. The molecule has 0 saturated carbocycles. The number of carbonyl (C=O) groups is 2. The van der Waals surface area contributed by atoms with Gasteiger partial charge in [0.1, 0.15) is 17.9 Å². The van der Waals surface area contributed by atoms with Crippen LogP contribution in [0.2, 0.25) is 0 Å². The first-order valence-electron chi connectivity index (χ1n) is 4.79. The number of carboxylic acid groups (broad SMARTS) is 1. The van der Waals surface area contributed by atoms with Gasteiger partial charge >= 0.3 is 5.97 Å². The van der Waals surface area contributed by atoms with Crippen LogP contribution in [0.25, 0.3) is 0 Å². The zero-order chi connectivity index (χ0) is 11.2. The molecular weight excluding hydrogens is 198 g/mol. The van der Waals surface area contributed by atoms with Crippen LogP contribution in [0, 0.1) is 5.92 Å². The molecule has 6 heteroatoms. The molecule has 0 bridgehead atoms. The smallest absolute Gasteiger partial charge is 0.326 e. The number of hydrogen-bond donors (Lipinski definition) is 3. The standard InChI is InChI=1S/C9H13N3O3/c1-4-2-6(9(14)15)12-7(4)11-3-5(10)8(12)13/h3-4,6-7,11H,2,10H2,1H3,(H,14,15)/t4?,6-,7?/m0/s1. The summed E-state index contributed by atoms with van der Waals surface area (Å²) in [7, 11) is 0. The number of nitrogens with zero attached hydrogens (tertiary/aromatic N) is 1. The van der Waals surface area contributed by atoms with Crippen molar-refractivity contribution < 1.29 is 14.7 Å². The van der Waals surface area contributed by atoms with E-state index in [-0.39, 0.29) is 17.8 Å². The predicted molar refractivity (Wildman–Crippen MR) is 51.2 cm³/mol. The summed E-state index contributed by atoms with van der Waals surface area (Å²) in [5, 5.41) is 11.9. The molecule has 1 saturated heterocycles. The van der Waals surface area contributed by atoms with Crippen LogP contribution in [-0.2, 0) is 9.59 Å². The highest BCUT2D eigenvalue weighted by atomic mass is 16.4. The van der Waals surface area contributed by atoms with Crippen LogP contribution < -0.4 is 11.1 Å². The second kappa shape index (κ2) is 3.15. The number of fused-ring (bicyclic) bond motifs is 1. The first-order chi connectivity index (χ1) is 7.02. The lowest BCUT2D eigenvalue weighted by Gasteiger charge is -2.33. The molecule has 0 aromatic heterocycles. The molecule has 4 N–H and O–H groups in total. The lowest BCUT2D eigenvalue weighted by Crippen LogP contribution is -2.54. The fourth-order valence-corrected chi connectivity index (χ4v) is 2.18. The van der Waals surface area contributed by atoms with Gasteiger partial charge in [0.25, 0.3) is 5.91 Å². The molecule has 2 aliphatic rings. The third-order valence-electron chi connectivity index (χ3n) is 2.95. The first-order valence-corrected chi connectivity index (χ1v) is 4.79. The van der Waals surface area contributed by atoms with Gasteiger partial charge in [0, 0.05) is 6.20 Å². The van der Waals surface area contributed by atoms with Gasteiger partial charge < -0.3 is 21.1 Å². The lowest BCUT2D eigenvalue weighted by atomic mass is 10.1. The zero-order valence-corrected chi connectivity index (χ0v) is 8.30. The fraction of sp³-hybridized carbons (Fsp3) is 0.556. The normalized spacial score (nSPS) is 34.5. The second-order valence-electron chi connectivity index (χ2n) is 3.99. The quantitative estimate of drug-likeness (QED) is 0.519. The predicted octanol–water partition coefficient (Wildman–Crippen LogP) is -0.963. The maximum absolute atomic E-state index is 11.7. The summed E-state index contributed by atoms with van der Waals surface area (Å²) in [6, 6.07) is -0.766. The number of amides is 1. The number of carboxylic acids is 1. The Morgan fingerprint density at radius 1 is 1.73 bits per heavy atom. The van der Waals surface area contributed by atoms with Gasteiger partial charge in [0.05, 0.1) is 0 Å². The van der Waals surface area contributed by atoms with Crippen molar-refractivity contribution in [1.82, 2.24) is 10.2 Å². The zero-order valence-electron chi connectivity index (χ0n) is 8.30. The van der Waals surface area contributed by atoms with Crippen molar-refractivity contribution in [3.8, 4) is 0 Å². The molecule has 0 spiro atoms. The Balaban J connectivity index is 2.33. The average molecular weight is 211 g/mol. The van der Waals surface area contributed by atoms with E-state index in [0.29, 0.717) is 6.42 Å². The van der Waals surface area contributed by atoms with Crippen LogP contribution in [0.5, 0.6) is 0 Å². The Hall–Kier alpha value is -1.72. The van der Waals surface area contributed by atoms with E-state index in [1.807, 2.05) is 6.92 Å². The van der Waals surface area contributed by atoms with Gasteiger partial charge in [-0.3, -0.25) is 4.79 Å². The van der Waals surface area contributed by atoms with Crippen LogP contribution in [-0.4, -0.2) is 34.1 Å². The summed E-state index contributed by atoms with van der Waals surface area (Å²) in [6.07, 6.45) is 1.66. The van der Waals surface area contributed by atoms with Gasteiger partial charge in [0.2, 0.25) is 0 Å². The van der Waals surface area contributed by atoms with Gasteiger partial charge in [-0.25, -0.2) is 4.79 Å². The molecule has 3 atom stereocenters. The molecule has 6 nitrogen and oxygen atoms in total. The summed E-state index contributed by atoms with van der Waals surface area (Å²) < 4.78 is 0. The molecule has 1 amide bonds. The molecule has 2 heterocycles. The van der Waals surface area contributed by atoms with Crippen LogP contribution >= 0.6 is 0 Å². The number of hydrogen-bond acceptors (Lipinski definition) is 4. The summed E-state index contributed by atoms with van der Waals surface area (Å²) in [5.41, 5.74) is 5.52. The molecule has 15 heavy (non-hydrogen) atoms. The van der Waals surface area contributed by atoms with Crippen molar-refractivity contribution in [2.45, 2.75) is 25.6 Å². The number of nitrogens with one attached hydrogen (secondary N) is 1. The summed E-state index contributed by atoms with van der Waals surface area (Å²) >= 11 is 0. The number of nitrogens with two attached hydrogens (primary N) is 1. The second-order valence-corrected chi connectivity index (χ2v) is 3.99. The molecule has 82 valence electrons. The van der Waals surface area contributed by atoms with E-state index >= 15 is 0 Å². The van der Waals surface area contributed by atoms with Gasteiger partial charge in [-0.2, -0.15) is 0 Å². The van der Waals surface area contributed by atoms with E-state index < -0.39 is 17.9 Å². The van der Waals surface area contributed by atoms with Gasteiger partial charge in [-0.15, -0.1) is 0 Å². The van der Waals surface area contributed by atoms with Crippen molar-refractivity contribution in [2.75, 3.05) is 0 Å². The van der Waals surface area contributed by atoms with E-state index in [2.05, 4.69) is 5.32 Å². The number of carbonyl (C=O) groups excluding carboxylic acids is 1. The lowest BCUT2D eigenvalue weighted by molar-refractivity contribution is -0.148. The van der Waals surface area contributed by atoms with Crippen molar-refractivity contribution >= 4 is 11.9 Å². The molecule has 0 radical (unpaired) electrons. The minimum Gasteiger partial charge on any atom is -0.480 e. The van der Waals surface area contributed by atoms with Crippen molar-refractivity contribution in [2.24, 2.45) is 11.7 Å². The van der Waals surface area contributed by atoms with E-state index in [0.717, 1.165) is 0 Å². The molecule has 0 aliphatic carbocycles. The van der Waals surface area contributed by atoms with Crippen molar-refractivity contribution in [3.63, 3.8) is 0 Å². The SMILES string of the molecule is CC1C[C@@H](C(=O)O)N2C(=O)C(N)=CNC12. The van der Waals surface area contributed by atoms with Gasteiger partial charge in [-0.05, 0) is 12.3 Å². The Bertz CT molecular complexity index is 353. The molecule has 2 unspecified atom stereocenters. The largest absolute Gasteiger partial charge is 0.480 e. The Labute approximate surface area is 86.7 Å². The Morgan fingerprint density at radius 2 is 2.40 bits per heavy atom. The van der Waals surface area contributed by atoms with Gasteiger partial charge in [-0.1, -0.05) is 6.92 Å². The van der Waals surface area contributed by atoms with Crippen LogP contribution in [0.4, 0.5) is 0 Å². The number of rotatable bonds is 1. The molecule has 0 aromatic rings. The highest BCUT2D eigenvalue weighted by Gasteiger charge is 2.47. The van der Waals surface area contributed by atoms with E-state index in [4.69, 9.17) is 10.8 Å². The fourth-order valence-electron chi connectivity index (χ4n) is 2.18. The van der Waals surface area contributed by atoms with E-state index in [1.165, 1.54) is 11.1 Å². The third kappa shape index (κ3) is 1.33. The van der Waals surface area contributed by atoms with Crippen molar-refractivity contribution in [3.05, 3.63) is 11.9 Å². The Kier molecular flexibility index (Phi) is 2.06. The molecule has 1 fully saturated rings. The molecular formula is C9H13N3O3. The molecule has 2 rings (SSSR count). The minimum absolute atomic E-state index is 0.0617. The maximum Gasteiger partial charge on any atom is 0.326 e. The van der Waals surface area contributed by atoms with Crippen molar-refractivity contribution in [1.29, 1.82) is 0 Å². The topological polar surface area (TPSA) is 95.7 Å². The Morgan fingerprint density at radius 3 is 3.00 bits per heavy atom. The highest BCUT2D eigenvalue weighted by Crippen LogP contribution is 2.30. The minimum atomic E-state index is -0.978. The first kappa shape index (κ1) is 9.82. The molecule has 2 aliphatic heterocycles. The molecule has 0 aromatic carbocycles. The third-order valence-corrected chi connectivity index (χ3v) is 2.95. The van der Waals surface area contributed by atoms with Gasteiger partial charge in [0.15, 0.2) is 0 Å². The average Bonchev–Trinajstić information content (AvgIpc) is 2.50. The summed E-state index contributed by atoms with van der Waals surface area (Å²) in [4.78, 5) is 24.0. The monoisotopic (exact) mass is 211 g/mol.